The van der Waals surface area contributed by atoms with E-state index in [1.54, 1.807) is 6.20 Å². The smallest absolute Gasteiger partial charge is 0.255 e. The zero-order valence-electron chi connectivity index (χ0n) is 14.3. The standard InChI is InChI=1S/C19H23ClN4O/c20-17-14(7-4-9-21-17)11-24-10-8-16-15(12-24)19(25)23-18(22-16)13-5-2-1-3-6-13/h4,7,9,13H,1-3,5-6,8,10-12H2,(H,22,23,25). The molecule has 1 aliphatic heterocycles. The van der Waals surface area contributed by atoms with Gasteiger partial charge in [0.15, 0.2) is 0 Å². The number of nitrogens with one attached hydrogen (secondary N) is 1. The van der Waals surface area contributed by atoms with Crippen molar-refractivity contribution >= 4 is 11.6 Å². The molecular weight excluding hydrogens is 336 g/mol. The minimum Gasteiger partial charge on any atom is -0.310 e. The maximum Gasteiger partial charge on any atom is 0.255 e. The highest BCUT2D eigenvalue weighted by Gasteiger charge is 2.24. The number of hydrogen-bond donors (Lipinski definition) is 1. The maximum atomic E-state index is 12.6. The van der Waals surface area contributed by atoms with E-state index in [1.165, 1.54) is 19.3 Å². The van der Waals surface area contributed by atoms with Crippen molar-refractivity contribution in [1.82, 2.24) is 19.9 Å². The summed E-state index contributed by atoms with van der Waals surface area (Å²) in [6.07, 6.45) is 8.59. The number of aromatic nitrogens is 3. The van der Waals surface area contributed by atoms with Gasteiger partial charge in [-0.05, 0) is 18.9 Å². The van der Waals surface area contributed by atoms with Crippen LogP contribution >= 0.6 is 11.6 Å². The zero-order valence-corrected chi connectivity index (χ0v) is 15.1. The van der Waals surface area contributed by atoms with Crippen LogP contribution in [-0.4, -0.2) is 26.4 Å². The lowest BCUT2D eigenvalue weighted by Gasteiger charge is -2.29. The molecule has 0 atom stereocenters. The van der Waals surface area contributed by atoms with Gasteiger partial charge >= 0.3 is 0 Å². The summed E-state index contributed by atoms with van der Waals surface area (Å²) in [7, 11) is 0. The van der Waals surface area contributed by atoms with Gasteiger partial charge in [-0.25, -0.2) is 9.97 Å². The Balaban J connectivity index is 1.53. The first-order chi connectivity index (χ1) is 12.2. The fourth-order valence-electron chi connectivity index (χ4n) is 3.98. The van der Waals surface area contributed by atoms with Crippen LogP contribution in [0.3, 0.4) is 0 Å². The zero-order chi connectivity index (χ0) is 17.2. The highest BCUT2D eigenvalue weighted by molar-refractivity contribution is 6.30. The molecule has 0 unspecified atom stereocenters. The topological polar surface area (TPSA) is 61.9 Å². The Bertz CT molecular complexity index is 813. The van der Waals surface area contributed by atoms with E-state index >= 15 is 0 Å². The molecule has 0 aromatic carbocycles. The third-order valence-electron chi connectivity index (χ3n) is 5.39. The SMILES string of the molecule is O=c1[nH]c(C2CCCCC2)nc2c1CN(Cc1cccnc1Cl)CC2. The second-order valence-corrected chi connectivity index (χ2v) is 7.48. The summed E-state index contributed by atoms with van der Waals surface area (Å²) < 4.78 is 0. The fourth-order valence-corrected chi connectivity index (χ4v) is 4.16. The van der Waals surface area contributed by atoms with Crippen LogP contribution in [0.15, 0.2) is 23.1 Å². The second kappa shape index (κ2) is 7.26. The van der Waals surface area contributed by atoms with Crippen LogP contribution in [-0.2, 0) is 19.5 Å². The predicted molar refractivity (Wildman–Crippen MR) is 97.7 cm³/mol. The first-order valence-electron chi connectivity index (χ1n) is 9.14. The quantitative estimate of drug-likeness (QED) is 0.854. The second-order valence-electron chi connectivity index (χ2n) is 7.13. The van der Waals surface area contributed by atoms with Gasteiger partial charge in [0.05, 0.1) is 11.3 Å². The lowest BCUT2D eigenvalue weighted by Crippen LogP contribution is -2.36. The molecule has 0 radical (unpaired) electrons. The number of pyridine rings is 1. The molecule has 0 spiro atoms. The van der Waals surface area contributed by atoms with Crippen molar-refractivity contribution in [2.24, 2.45) is 0 Å². The van der Waals surface area contributed by atoms with Crippen molar-refractivity contribution in [1.29, 1.82) is 0 Å². The highest BCUT2D eigenvalue weighted by atomic mass is 35.5. The maximum absolute atomic E-state index is 12.6. The van der Waals surface area contributed by atoms with E-state index in [2.05, 4.69) is 14.9 Å². The van der Waals surface area contributed by atoms with Crippen LogP contribution in [0.1, 0.15) is 60.7 Å². The van der Waals surface area contributed by atoms with E-state index in [9.17, 15) is 4.79 Å². The molecule has 132 valence electrons. The Morgan fingerprint density at radius 1 is 1.28 bits per heavy atom. The molecule has 2 aromatic heterocycles. The third kappa shape index (κ3) is 3.62. The molecule has 5 nitrogen and oxygen atoms in total. The number of aromatic amines is 1. The minimum atomic E-state index is 0.0348. The van der Waals surface area contributed by atoms with E-state index in [0.29, 0.717) is 24.2 Å². The Morgan fingerprint density at radius 3 is 2.92 bits per heavy atom. The van der Waals surface area contributed by atoms with Crippen LogP contribution in [0, 0.1) is 0 Å². The fraction of sp³-hybridized carbons (Fsp3) is 0.526. The minimum absolute atomic E-state index is 0.0348. The molecule has 2 aliphatic rings. The monoisotopic (exact) mass is 358 g/mol. The number of nitrogens with zero attached hydrogens (tertiary/aromatic N) is 3. The van der Waals surface area contributed by atoms with Gasteiger partial charge in [0, 0.05) is 43.7 Å². The van der Waals surface area contributed by atoms with Crippen molar-refractivity contribution in [2.75, 3.05) is 6.54 Å². The highest BCUT2D eigenvalue weighted by Crippen LogP contribution is 2.31. The van der Waals surface area contributed by atoms with Gasteiger partial charge in [-0.1, -0.05) is 36.9 Å². The van der Waals surface area contributed by atoms with E-state index in [4.69, 9.17) is 16.6 Å². The number of H-pyrrole nitrogens is 1. The Hall–Kier alpha value is -1.72. The van der Waals surface area contributed by atoms with Crippen LogP contribution in [0.5, 0.6) is 0 Å². The average Bonchev–Trinajstić information content (AvgIpc) is 2.65. The van der Waals surface area contributed by atoms with Crippen molar-refractivity contribution in [3.8, 4) is 0 Å². The molecule has 25 heavy (non-hydrogen) atoms. The molecular formula is C19H23ClN4O. The van der Waals surface area contributed by atoms with Gasteiger partial charge < -0.3 is 4.98 Å². The van der Waals surface area contributed by atoms with Crippen molar-refractivity contribution in [3.05, 3.63) is 56.5 Å². The van der Waals surface area contributed by atoms with Gasteiger partial charge in [0.1, 0.15) is 11.0 Å². The molecule has 6 heteroatoms. The normalized spacial score (nSPS) is 18.9. The first kappa shape index (κ1) is 16.7. The molecule has 1 fully saturated rings. The molecule has 4 rings (SSSR count). The van der Waals surface area contributed by atoms with Crippen molar-refractivity contribution in [2.45, 2.75) is 57.5 Å². The number of rotatable bonds is 3. The third-order valence-corrected chi connectivity index (χ3v) is 5.73. The van der Waals surface area contributed by atoms with E-state index in [0.717, 1.165) is 48.5 Å². The molecule has 3 heterocycles. The van der Waals surface area contributed by atoms with E-state index in [1.807, 2.05) is 12.1 Å². The average molecular weight is 359 g/mol. The molecule has 0 saturated heterocycles. The van der Waals surface area contributed by atoms with Gasteiger partial charge in [0.25, 0.3) is 5.56 Å². The summed E-state index contributed by atoms with van der Waals surface area (Å²) in [5.41, 5.74) is 2.83. The summed E-state index contributed by atoms with van der Waals surface area (Å²) in [5.74, 6) is 1.34. The van der Waals surface area contributed by atoms with Crippen LogP contribution < -0.4 is 5.56 Å². The van der Waals surface area contributed by atoms with Gasteiger partial charge in [-0.3, -0.25) is 9.69 Å². The molecule has 1 saturated carbocycles. The summed E-state index contributed by atoms with van der Waals surface area (Å²) in [4.78, 5) is 26.9. The van der Waals surface area contributed by atoms with Crippen LogP contribution in [0.2, 0.25) is 5.15 Å². The number of hydrogen-bond acceptors (Lipinski definition) is 4. The molecule has 0 amide bonds. The van der Waals surface area contributed by atoms with Crippen molar-refractivity contribution in [3.63, 3.8) is 0 Å². The first-order valence-corrected chi connectivity index (χ1v) is 9.52. The largest absolute Gasteiger partial charge is 0.310 e. The Morgan fingerprint density at radius 2 is 2.12 bits per heavy atom. The summed E-state index contributed by atoms with van der Waals surface area (Å²) in [6.45, 7) is 2.21. The van der Waals surface area contributed by atoms with Gasteiger partial charge in [0.2, 0.25) is 0 Å². The summed E-state index contributed by atoms with van der Waals surface area (Å²) in [6, 6.07) is 3.88. The van der Waals surface area contributed by atoms with Gasteiger partial charge in [-0.15, -0.1) is 0 Å². The molecule has 1 aliphatic carbocycles. The molecule has 1 N–H and O–H groups in total. The van der Waals surface area contributed by atoms with E-state index in [-0.39, 0.29) is 5.56 Å². The predicted octanol–water partition coefficient (Wildman–Crippen LogP) is 3.42. The van der Waals surface area contributed by atoms with Crippen molar-refractivity contribution < 1.29 is 0 Å². The lowest BCUT2D eigenvalue weighted by molar-refractivity contribution is 0.241. The number of fused-ring (bicyclic) bond motifs is 1. The Kier molecular flexibility index (Phi) is 4.86. The summed E-state index contributed by atoms with van der Waals surface area (Å²) >= 11 is 6.16. The van der Waals surface area contributed by atoms with Crippen LogP contribution in [0.25, 0.3) is 0 Å². The summed E-state index contributed by atoms with van der Waals surface area (Å²) in [5, 5.41) is 0.535. The molecule has 0 bridgehead atoms. The van der Waals surface area contributed by atoms with Gasteiger partial charge in [-0.2, -0.15) is 0 Å². The van der Waals surface area contributed by atoms with E-state index < -0.39 is 0 Å². The lowest BCUT2D eigenvalue weighted by atomic mass is 9.88. The Labute approximate surface area is 152 Å². The number of halogens is 1. The van der Waals surface area contributed by atoms with Crippen LogP contribution in [0.4, 0.5) is 0 Å². The molecule has 2 aromatic rings.